The zero-order chi connectivity index (χ0) is 13.8. The Bertz CT molecular complexity index is 540. The minimum atomic E-state index is -0.154. The predicted molar refractivity (Wildman–Crippen MR) is 82.9 cm³/mol. The highest BCUT2D eigenvalue weighted by Crippen LogP contribution is 2.37. The van der Waals surface area contributed by atoms with Gasteiger partial charge in [0.05, 0.1) is 10.0 Å². The van der Waals surface area contributed by atoms with Crippen molar-refractivity contribution in [2.24, 2.45) is 5.73 Å². The molecule has 3 heteroatoms. The lowest BCUT2D eigenvalue weighted by Crippen LogP contribution is -2.20. The van der Waals surface area contributed by atoms with Crippen molar-refractivity contribution in [3.63, 3.8) is 0 Å². The van der Waals surface area contributed by atoms with Crippen molar-refractivity contribution in [2.75, 3.05) is 0 Å². The molecule has 0 saturated carbocycles. The van der Waals surface area contributed by atoms with E-state index < -0.39 is 0 Å². The third kappa shape index (κ3) is 3.11. The fourth-order valence-corrected chi connectivity index (χ4v) is 2.83. The summed E-state index contributed by atoms with van der Waals surface area (Å²) in [6.07, 6.45) is 0.952. The van der Waals surface area contributed by atoms with Crippen LogP contribution in [0.4, 0.5) is 0 Å². The van der Waals surface area contributed by atoms with Crippen LogP contribution in [0.15, 0.2) is 48.5 Å². The number of halogens is 2. The Labute approximate surface area is 124 Å². The summed E-state index contributed by atoms with van der Waals surface area (Å²) in [7, 11) is 0. The average Bonchev–Trinajstić information content (AvgIpc) is 2.44. The molecule has 0 aromatic heterocycles. The molecule has 0 aliphatic carbocycles. The first kappa shape index (κ1) is 14.4. The summed E-state index contributed by atoms with van der Waals surface area (Å²) in [5.41, 5.74) is 8.55. The Hall–Kier alpha value is -1.02. The van der Waals surface area contributed by atoms with Crippen LogP contribution in [0.25, 0.3) is 0 Å². The number of hydrogen-bond donors (Lipinski definition) is 1. The van der Waals surface area contributed by atoms with E-state index in [4.69, 9.17) is 28.9 Å². The molecule has 2 unspecified atom stereocenters. The number of benzene rings is 2. The number of rotatable bonds is 4. The van der Waals surface area contributed by atoms with E-state index in [9.17, 15) is 0 Å². The van der Waals surface area contributed by atoms with E-state index in [-0.39, 0.29) is 12.0 Å². The van der Waals surface area contributed by atoms with Gasteiger partial charge in [-0.15, -0.1) is 0 Å². The van der Waals surface area contributed by atoms with Crippen LogP contribution in [0.1, 0.15) is 36.4 Å². The molecule has 0 fully saturated rings. The van der Waals surface area contributed by atoms with Gasteiger partial charge >= 0.3 is 0 Å². The van der Waals surface area contributed by atoms with Gasteiger partial charge in [-0.05, 0) is 23.6 Å². The normalized spacial score (nSPS) is 14.1. The quantitative estimate of drug-likeness (QED) is 0.825. The Kier molecular flexibility index (Phi) is 4.87. The van der Waals surface area contributed by atoms with Gasteiger partial charge in [0.2, 0.25) is 0 Å². The van der Waals surface area contributed by atoms with E-state index in [0.29, 0.717) is 10.0 Å². The summed E-state index contributed by atoms with van der Waals surface area (Å²) in [4.78, 5) is 0. The Morgan fingerprint density at radius 2 is 1.68 bits per heavy atom. The Balaban J connectivity index is 2.36. The van der Waals surface area contributed by atoms with Gasteiger partial charge in [0.25, 0.3) is 0 Å². The van der Waals surface area contributed by atoms with Crippen LogP contribution in [0.2, 0.25) is 10.0 Å². The Morgan fingerprint density at radius 3 is 2.32 bits per heavy atom. The summed E-state index contributed by atoms with van der Waals surface area (Å²) in [6.45, 7) is 2.13. The zero-order valence-electron chi connectivity index (χ0n) is 10.8. The fourth-order valence-electron chi connectivity index (χ4n) is 2.39. The molecule has 0 bridgehead atoms. The van der Waals surface area contributed by atoms with Crippen molar-refractivity contribution in [2.45, 2.75) is 25.3 Å². The summed E-state index contributed by atoms with van der Waals surface area (Å²) in [6, 6.07) is 15.7. The Morgan fingerprint density at radius 1 is 1.00 bits per heavy atom. The fraction of sp³-hybridized carbons (Fsp3) is 0.250. The van der Waals surface area contributed by atoms with Crippen molar-refractivity contribution in [3.05, 3.63) is 69.7 Å². The topological polar surface area (TPSA) is 26.0 Å². The van der Waals surface area contributed by atoms with Crippen LogP contribution in [0.3, 0.4) is 0 Å². The molecule has 2 aromatic rings. The van der Waals surface area contributed by atoms with Gasteiger partial charge in [0.15, 0.2) is 0 Å². The van der Waals surface area contributed by atoms with Gasteiger partial charge in [-0.25, -0.2) is 0 Å². The average molecular weight is 294 g/mol. The highest BCUT2D eigenvalue weighted by Gasteiger charge is 2.22. The number of nitrogens with two attached hydrogens (primary N) is 1. The maximum Gasteiger partial charge on any atom is 0.0640 e. The third-order valence-electron chi connectivity index (χ3n) is 3.44. The van der Waals surface area contributed by atoms with Crippen molar-refractivity contribution < 1.29 is 0 Å². The first-order chi connectivity index (χ1) is 9.15. The molecule has 0 amide bonds. The molecule has 19 heavy (non-hydrogen) atoms. The highest BCUT2D eigenvalue weighted by atomic mass is 35.5. The molecule has 2 rings (SSSR count). The highest BCUT2D eigenvalue weighted by molar-refractivity contribution is 6.42. The van der Waals surface area contributed by atoms with E-state index in [0.717, 1.165) is 12.0 Å². The van der Waals surface area contributed by atoms with Crippen LogP contribution in [0.5, 0.6) is 0 Å². The summed E-state index contributed by atoms with van der Waals surface area (Å²) in [5, 5.41) is 1.11. The van der Waals surface area contributed by atoms with E-state index in [2.05, 4.69) is 19.1 Å². The number of hydrogen-bond acceptors (Lipinski definition) is 1. The SMILES string of the molecule is CCC(c1ccccc1)C(N)c1cccc(Cl)c1Cl. The van der Waals surface area contributed by atoms with E-state index in [1.54, 1.807) is 6.07 Å². The molecule has 0 aliphatic heterocycles. The maximum absolute atomic E-state index is 6.41. The molecular formula is C16H17Cl2N. The second-order valence-electron chi connectivity index (χ2n) is 4.59. The minimum absolute atomic E-state index is 0.154. The lowest BCUT2D eigenvalue weighted by Gasteiger charge is -2.24. The largest absolute Gasteiger partial charge is 0.323 e. The summed E-state index contributed by atoms with van der Waals surface area (Å²) >= 11 is 12.3. The minimum Gasteiger partial charge on any atom is -0.323 e. The van der Waals surface area contributed by atoms with Gasteiger partial charge < -0.3 is 5.73 Å². The molecule has 0 radical (unpaired) electrons. The molecule has 100 valence electrons. The lowest BCUT2D eigenvalue weighted by molar-refractivity contribution is 0.539. The molecule has 0 aliphatic rings. The molecule has 1 nitrogen and oxygen atoms in total. The van der Waals surface area contributed by atoms with Crippen LogP contribution >= 0.6 is 23.2 Å². The summed E-state index contributed by atoms with van der Waals surface area (Å²) in [5.74, 6) is 0.233. The van der Waals surface area contributed by atoms with Crippen molar-refractivity contribution in [1.82, 2.24) is 0 Å². The van der Waals surface area contributed by atoms with Gasteiger partial charge in [0, 0.05) is 12.0 Å². The second kappa shape index (κ2) is 6.42. The first-order valence-electron chi connectivity index (χ1n) is 6.39. The van der Waals surface area contributed by atoms with Crippen LogP contribution in [-0.4, -0.2) is 0 Å². The van der Waals surface area contributed by atoms with Gasteiger partial charge in [-0.3, -0.25) is 0 Å². The van der Waals surface area contributed by atoms with Crippen LogP contribution in [-0.2, 0) is 0 Å². The standard InChI is InChI=1S/C16H17Cl2N/c1-2-12(11-7-4-3-5-8-11)16(19)13-9-6-10-14(17)15(13)18/h3-10,12,16H,2,19H2,1H3. The maximum atomic E-state index is 6.41. The van der Waals surface area contributed by atoms with Gasteiger partial charge in [0.1, 0.15) is 0 Å². The van der Waals surface area contributed by atoms with Crippen LogP contribution < -0.4 is 5.73 Å². The first-order valence-corrected chi connectivity index (χ1v) is 7.15. The van der Waals surface area contributed by atoms with Crippen LogP contribution in [0, 0.1) is 0 Å². The predicted octanol–water partition coefficient (Wildman–Crippen LogP) is 5.19. The second-order valence-corrected chi connectivity index (χ2v) is 5.38. The molecule has 0 saturated heterocycles. The van der Waals surface area contributed by atoms with Gasteiger partial charge in [-0.1, -0.05) is 72.6 Å². The van der Waals surface area contributed by atoms with E-state index in [1.165, 1.54) is 5.56 Å². The lowest BCUT2D eigenvalue weighted by atomic mass is 9.86. The van der Waals surface area contributed by atoms with E-state index >= 15 is 0 Å². The molecule has 2 N–H and O–H groups in total. The van der Waals surface area contributed by atoms with E-state index in [1.807, 2.05) is 30.3 Å². The molecule has 0 heterocycles. The summed E-state index contributed by atoms with van der Waals surface area (Å²) < 4.78 is 0. The molecule has 0 spiro atoms. The zero-order valence-corrected chi connectivity index (χ0v) is 12.3. The molecule has 2 aromatic carbocycles. The third-order valence-corrected chi connectivity index (χ3v) is 4.28. The van der Waals surface area contributed by atoms with Gasteiger partial charge in [-0.2, -0.15) is 0 Å². The van der Waals surface area contributed by atoms with Crippen molar-refractivity contribution >= 4 is 23.2 Å². The van der Waals surface area contributed by atoms with Crippen molar-refractivity contribution in [3.8, 4) is 0 Å². The molecule has 2 atom stereocenters. The monoisotopic (exact) mass is 293 g/mol. The smallest absolute Gasteiger partial charge is 0.0640 e. The van der Waals surface area contributed by atoms with Crippen molar-refractivity contribution in [1.29, 1.82) is 0 Å². The molecular weight excluding hydrogens is 277 g/mol.